The summed E-state index contributed by atoms with van der Waals surface area (Å²) in [6.07, 6.45) is 4.62. The molecule has 1 aliphatic heterocycles. The van der Waals surface area contributed by atoms with Gasteiger partial charge < -0.3 is 4.90 Å². The molecule has 0 spiro atoms. The summed E-state index contributed by atoms with van der Waals surface area (Å²) in [5, 5.41) is 9.14. The van der Waals surface area contributed by atoms with E-state index in [1.807, 2.05) is 44.2 Å². The van der Waals surface area contributed by atoms with E-state index in [0.29, 0.717) is 0 Å². The van der Waals surface area contributed by atoms with Crippen molar-refractivity contribution in [3.8, 4) is 0 Å². The number of aromatic nitrogens is 4. The van der Waals surface area contributed by atoms with E-state index in [-0.39, 0.29) is 15.6 Å². The lowest BCUT2D eigenvalue weighted by Gasteiger charge is -2.23. The number of hydrogen-bond acceptors (Lipinski definition) is 6. The van der Waals surface area contributed by atoms with Gasteiger partial charge in [0.2, 0.25) is 14.9 Å². The monoisotopic (exact) mass is 435 g/mol. The summed E-state index contributed by atoms with van der Waals surface area (Å²) >= 11 is 0. The van der Waals surface area contributed by atoms with Gasteiger partial charge in [0.15, 0.2) is 5.65 Å². The molecule has 2 aromatic heterocycles. The Labute approximate surface area is 181 Å². The van der Waals surface area contributed by atoms with Gasteiger partial charge in [-0.25, -0.2) is 13.4 Å². The molecule has 160 valence electrons. The summed E-state index contributed by atoms with van der Waals surface area (Å²) in [5.74, 6) is 0.809. The van der Waals surface area contributed by atoms with Crippen LogP contribution in [0.1, 0.15) is 36.8 Å². The number of anilines is 1. The number of hydrogen-bond donors (Lipinski definition) is 0. The van der Waals surface area contributed by atoms with Crippen molar-refractivity contribution in [1.82, 2.24) is 19.8 Å². The lowest BCUT2D eigenvalue weighted by Crippen LogP contribution is -2.25. The van der Waals surface area contributed by atoms with Gasteiger partial charge >= 0.3 is 0 Å². The van der Waals surface area contributed by atoms with Gasteiger partial charge in [0.1, 0.15) is 5.82 Å². The molecular weight excluding hydrogens is 410 g/mol. The largest absolute Gasteiger partial charge is 0.356 e. The number of rotatable bonds is 3. The molecule has 2 aromatic carbocycles. The van der Waals surface area contributed by atoms with E-state index < -0.39 is 9.84 Å². The third-order valence-corrected chi connectivity index (χ3v) is 7.80. The SMILES string of the molecule is Cc1ccc(S(=O)(=O)c2nnn3c2nc(N2CCCCCC2)c2ccccc23)cc1C. The lowest BCUT2D eigenvalue weighted by molar-refractivity contribution is 0.592. The molecule has 3 heterocycles. The second-order valence-corrected chi connectivity index (χ2v) is 10.1. The first-order chi connectivity index (χ1) is 15.0. The maximum atomic E-state index is 13.5. The minimum absolute atomic E-state index is 0.0995. The van der Waals surface area contributed by atoms with E-state index in [4.69, 9.17) is 4.98 Å². The Balaban J connectivity index is 1.75. The van der Waals surface area contributed by atoms with Gasteiger partial charge in [-0.3, -0.25) is 0 Å². The van der Waals surface area contributed by atoms with Crippen LogP contribution in [0, 0.1) is 13.8 Å². The maximum absolute atomic E-state index is 13.5. The minimum atomic E-state index is -3.86. The fourth-order valence-electron chi connectivity index (χ4n) is 4.22. The molecule has 0 amide bonds. The summed E-state index contributed by atoms with van der Waals surface area (Å²) < 4.78 is 28.5. The molecule has 1 fully saturated rings. The van der Waals surface area contributed by atoms with E-state index in [9.17, 15) is 8.42 Å². The van der Waals surface area contributed by atoms with Crippen LogP contribution in [0.3, 0.4) is 0 Å². The number of para-hydroxylation sites is 1. The third-order valence-electron chi connectivity index (χ3n) is 6.15. The lowest BCUT2D eigenvalue weighted by atomic mass is 10.1. The molecule has 0 bridgehead atoms. The van der Waals surface area contributed by atoms with Crippen LogP contribution < -0.4 is 4.90 Å². The molecule has 5 rings (SSSR count). The summed E-state index contributed by atoms with van der Waals surface area (Å²) in [7, 11) is -3.86. The highest BCUT2D eigenvalue weighted by Crippen LogP contribution is 2.31. The van der Waals surface area contributed by atoms with Gasteiger partial charge in [-0.15, -0.1) is 5.10 Å². The standard InChI is InChI=1S/C23H25N5O2S/c1-16-11-12-18(15-17(16)2)31(29,30)23-22-24-21(27-13-7-3-4-8-14-27)19-9-5-6-10-20(19)28(22)26-25-23/h5-6,9-12,15H,3-4,7-8,13-14H2,1-2H3. The topological polar surface area (TPSA) is 80.5 Å². The number of aryl methyl sites for hydroxylation is 2. The summed E-state index contributed by atoms with van der Waals surface area (Å²) in [6, 6.07) is 13.0. The summed E-state index contributed by atoms with van der Waals surface area (Å²) in [4.78, 5) is 7.33. The third kappa shape index (κ3) is 3.35. The number of nitrogens with zero attached hydrogens (tertiary/aromatic N) is 5. The minimum Gasteiger partial charge on any atom is -0.356 e. The Kier molecular flexibility index (Phi) is 4.89. The zero-order valence-corrected chi connectivity index (χ0v) is 18.6. The molecule has 1 aliphatic rings. The van der Waals surface area contributed by atoms with Crippen LogP contribution >= 0.6 is 0 Å². The summed E-state index contributed by atoms with van der Waals surface area (Å²) in [5.41, 5.74) is 3.04. The molecule has 0 N–H and O–H groups in total. The number of sulfone groups is 1. The Bertz CT molecular complexity index is 1390. The number of fused-ring (bicyclic) bond motifs is 3. The molecule has 0 aliphatic carbocycles. The van der Waals surface area contributed by atoms with Gasteiger partial charge in [0.25, 0.3) is 0 Å². The maximum Gasteiger partial charge on any atom is 0.229 e. The highest BCUT2D eigenvalue weighted by molar-refractivity contribution is 7.91. The molecule has 0 radical (unpaired) electrons. The highest BCUT2D eigenvalue weighted by Gasteiger charge is 2.28. The highest BCUT2D eigenvalue weighted by atomic mass is 32.2. The van der Waals surface area contributed by atoms with E-state index in [2.05, 4.69) is 15.2 Å². The smallest absolute Gasteiger partial charge is 0.229 e. The van der Waals surface area contributed by atoms with Gasteiger partial charge in [-0.05, 0) is 62.1 Å². The van der Waals surface area contributed by atoms with Crippen LogP contribution in [0.2, 0.25) is 0 Å². The van der Waals surface area contributed by atoms with Crippen molar-refractivity contribution >= 4 is 32.2 Å². The second-order valence-electron chi connectivity index (χ2n) is 8.23. The molecule has 0 saturated carbocycles. The Morgan fingerprint density at radius 1 is 0.903 bits per heavy atom. The van der Waals surface area contributed by atoms with Crippen LogP contribution in [0.15, 0.2) is 52.4 Å². The fraction of sp³-hybridized carbons (Fsp3) is 0.348. The first-order valence-corrected chi connectivity index (χ1v) is 12.2. The van der Waals surface area contributed by atoms with Crippen molar-refractivity contribution < 1.29 is 8.42 Å². The van der Waals surface area contributed by atoms with Gasteiger partial charge in [-0.1, -0.05) is 36.3 Å². The first-order valence-electron chi connectivity index (χ1n) is 10.7. The van der Waals surface area contributed by atoms with E-state index in [1.165, 1.54) is 12.8 Å². The zero-order chi connectivity index (χ0) is 21.6. The Morgan fingerprint density at radius 3 is 2.39 bits per heavy atom. The van der Waals surface area contributed by atoms with Crippen molar-refractivity contribution in [2.75, 3.05) is 18.0 Å². The fourth-order valence-corrected chi connectivity index (χ4v) is 5.54. The van der Waals surface area contributed by atoms with Crippen molar-refractivity contribution in [3.63, 3.8) is 0 Å². The molecular formula is C23H25N5O2S. The quantitative estimate of drug-likeness (QED) is 0.482. The molecule has 31 heavy (non-hydrogen) atoms. The average molecular weight is 436 g/mol. The molecule has 4 aromatic rings. The molecule has 0 atom stereocenters. The van der Waals surface area contributed by atoms with E-state index >= 15 is 0 Å². The van der Waals surface area contributed by atoms with Crippen LogP contribution in [-0.4, -0.2) is 41.3 Å². The van der Waals surface area contributed by atoms with Crippen molar-refractivity contribution in [3.05, 3.63) is 53.6 Å². The van der Waals surface area contributed by atoms with Crippen LogP contribution in [0.25, 0.3) is 16.6 Å². The molecule has 0 unspecified atom stereocenters. The van der Waals surface area contributed by atoms with Crippen LogP contribution in [-0.2, 0) is 9.84 Å². The van der Waals surface area contributed by atoms with Crippen molar-refractivity contribution in [1.29, 1.82) is 0 Å². The first kappa shape index (κ1) is 19.9. The second kappa shape index (κ2) is 7.60. The average Bonchev–Trinajstić information content (AvgIpc) is 3.03. The molecule has 7 nitrogen and oxygen atoms in total. The summed E-state index contributed by atoms with van der Waals surface area (Å²) in [6.45, 7) is 5.68. The predicted molar refractivity (Wildman–Crippen MR) is 120 cm³/mol. The van der Waals surface area contributed by atoms with Crippen molar-refractivity contribution in [2.45, 2.75) is 49.5 Å². The van der Waals surface area contributed by atoms with Gasteiger partial charge in [0, 0.05) is 18.5 Å². The van der Waals surface area contributed by atoms with E-state index in [1.54, 1.807) is 16.6 Å². The molecule has 1 saturated heterocycles. The van der Waals surface area contributed by atoms with E-state index in [0.717, 1.165) is 53.8 Å². The van der Waals surface area contributed by atoms with Crippen LogP contribution in [0.4, 0.5) is 5.82 Å². The van der Waals surface area contributed by atoms with Crippen molar-refractivity contribution in [2.24, 2.45) is 0 Å². The Morgan fingerprint density at radius 2 is 1.65 bits per heavy atom. The van der Waals surface area contributed by atoms with Crippen LogP contribution in [0.5, 0.6) is 0 Å². The normalized spacial score (nSPS) is 15.5. The number of benzene rings is 2. The molecule has 8 heteroatoms. The van der Waals surface area contributed by atoms with Gasteiger partial charge in [-0.2, -0.15) is 4.52 Å². The van der Waals surface area contributed by atoms with Gasteiger partial charge in [0.05, 0.1) is 10.4 Å². The Hall–Kier alpha value is -3.00. The zero-order valence-electron chi connectivity index (χ0n) is 17.7. The predicted octanol–water partition coefficient (Wildman–Crippen LogP) is 4.11.